The normalized spacial score (nSPS) is 12.0. The van der Waals surface area contributed by atoms with Crippen molar-refractivity contribution in [2.24, 2.45) is 5.92 Å². The van der Waals surface area contributed by atoms with Gasteiger partial charge in [-0.25, -0.2) is 9.59 Å². The van der Waals surface area contributed by atoms with Crippen LogP contribution >= 0.6 is 0 Å². The van der Waals surface area contributed by atoms with Gasteiger partial charge in [0.15, 0.2) is 0 Å². The largest absolute Gasteiger partial charge is 0.464 e. The first-order chi connectivity index (χ1) is 11.5. The van der Waals surface area contributed by atoms with Crippen LogP contribution in [0.1, 0.15) is 65.7 Å². The van der Waals surface area contributed by atoms with Crippen LogP contribution in [-0.2, 0) is 19.0 Å². The summed E-state index contributed by atoms with van der Waals surface area (Å²) in [6.07, 6.45) is 6.71. The number of esters is 1. The Balaban J connectivity index is 4.09. The lowest BCUT2D eigenvalue weighted by molar-refractivity contribution is -0.146. The van der Waals surface area contributed by atoms with Crippen molar-refractivity contribution in [3.8, 4) is 0 Å². The van der Waals surface area contributed by atoms with E-state index in [-0.39, 0.29) is 18.5 Å². The zero-order valence-corrected chi connectivity index (χ0v) is 15.8. The van der Waals surface area contributed by atoms with Crippen molar-refractivity contribution >= 4 is 12.1 Å². The molecule has 0 heterocycles. The number of rotatable bonds is 14. The predicted molar refractivity (Wildman–Crippen MR) is 93.9 cm³/mol. The summed E-state index contributed by atoms with van der Waals surface area (Å²) < 4.78 is 15.1. The van der Waals surface area contributed by atoms with Gasteiger partial charge in [0, 0.05) is 7.11 Å². The summed E-state index contributed by atoms with van der Waals surface area (Å²) >= 11 is 0. The minimum absolute atomic E-state index is 0.156. The van der Waals surface area contributed by atoms with Gasteiger partial charge in [0.1, 0.15) is 12.6 Å². The van der Waals surface area contributed by atoms with Gasteiger partial charge in [-0.05, 0) is 18.8 Å². The lowest BCUT2D eigenvalue weighted by Gasteiger charge is -2.19. The van der Waals surface area contributed by atoms with Crippen molar-refractivity contribution in [1.82, 2.24) is 5.32 Å². The van der Waals surface area contributed by atoms with Gasteiger partial charge in [-0.2, -0.15) is 0 Å². The summed E-state index contributed by atoms with van der Waals surface area (Å²) in [7, 11) is 1.53. The summed E-state index contributed by atoms with van der Waals surface area (Å²) in [6.45, 7) is 7.05. The van der Waals surface area contributed by atoms with Gasteiger partial charge >= 0.3 is 12.1 Å². The van der Waals surface area contributed by atoms with Crippen LogP contribution in [0.4, 0.5) is 4.79 Å². The topological polar surface area (TPSA) is 73.9 Å². The van der Waals surface area contributed by atoms with Crippen LogP contribution in [0.3, 0.4) is 0 Å². The molecule has 0 aliphatic heterocycles. The summed E-state index contributed by atoms with van der Waals surface area (Å²) in [5.41, 5.74) is 0. The van der Waals surface area contributed by atoms with Gasteiger partial charge in [-0.15, -0.1) is 0 Å². The minimum Gasteiger partial charge on any atom is -0.464 e. The Morgan fingerprint density at radius 3 is 2.21 bits per heavy atom. The lowest BCUT2D eigenvalue weighted by Crippen LogP contribution is -2.43. The van der Waals surface area contributed by atoms with Crippen molar-refractivity contribution < 1.29 is 23.8 Å². The molecule has 0 saturated carbocycles. The van der Waals surface area contributed by atoms with Crippen molar-refractivity contribution in [2.75, 3.05) is 26.9 Å². The van der Waals surface area contributed by atoms with E-state index in [1.165, 1.54) is 32.8 Å². The molecular weight excluding hydrogens is 310 g/mol. The molecule has 0 saturated heterocycles. The molecule has 0 aromatic rings. The number of carbonyl (C=O) groups is 2. The molecular formula is C18H35NO5. The Hall–Kier alpha value is -1.30. The number of hydrogen-bond acceptors (Lipinski definition) is 5. The zero-order chi connectivity index (χ0) is 18.2. The van der Waals surface area contributed by atoms with Crippen molar-refractivity contribution in [3.63, 3.8) is 0 Å². The molecule has 6 heteroatoms. The van der Waals surface area contributed by atoms with E-state index < -0.39 is 12.1 Å². The summed E-state index contributed by atoms with van der Waals surface area (Å²) in [6, 6.07) is -0.667. The molecule has 0 bridgehead atoms. The third-order valence-electron chi connectivity index (χ3n) is 3.55. The second-order valence-electron chi connectivity index (χ2n) is 6.39. The Kier molecular flexibility index (Phi) is 14.4. The van der Waals surface area contributed by atoms with Gasteiger partial charge in [-0.3, -0.25) is 0 Å². The first-order valence-corrected chi connectivity index (χ1v) is 9.10. The molecule has 1 amide bonds. The first-order valence-electron chi connectivity index (χ1n) is 9.10. The molecule has 0 aromatic heterocycles. The predicted octanol–water partition coefficient (Wildman–Crippen LogP) is 3.68. The Bertz CT molecular complexity index is 333. The number of methoxy groups -OCH3 is 1. The van der Waals surface area contributed by atoms with Crippen LogP contribution < -0.4 is 5.32 Å². The summed E-state index contributed by atoms with van der Waals surface area (Å²) in [5, 5.41) is 2.58. The maximum absolute atomic E-state index is 12.2. The third kappa shape index (κ3) is 13.2. The molecule has 1 atom stereocenters. The van der Waals surface area contributed by atoms with Gasteiger partial charge in [-0.1, -0.05) is 52.9 Å². The molecule has 6 nitrogen and oxygen atoms in total. The molecule has 0 aliphatic carbocycles. The quantitative estimate of drug-likeness (QED) is 0.384. The van der Waals surface area contributed by atoms with Crippen LogP contribution in [0, 0.1) is 5.92 Å². The molecule has 142 valence electrons. The van der Waals surface area contributed by atoms with Gasteiger partial charge in [0.2, 0.25) is 0 Å². The fraction of sp³-hybridized carbons (Fsp3) is 0.889. The van der Waals surface area contributed by atoms with E-state index in [1.807, 2.05) is 13.8 Å². The molecule has 0 aromatic carbocycles. The van der Waals surface area contributed by atoms with E-state index in [0.717, 1.165) is 12.8 Å². The monoisotopic (exact) mass is 345 g/mol. The van der Waals surface area contributed by atoms with E-state index in [1.54, 1.807) is 0 Å². The highest BCUT2D eigenvalue weighted by molar-refractivity contribution is 5.81. The van der Waals surface area contributed by atoms with E-state index in [0.29, 0.717) is 19.6 Å². The van der Waals surface area contributed by atoms with E-state index in [2.05, 4.69) is 12.2 Å². The van der Waals surface area contributed by atoms with Crippen molar-refractivity contribution in [2.45, 2.75) is 71.8 Å². The molecule has 24 heavy (non-hydrogen) atoms. The summed E-state index contributed by atoms with van der Waals surface area (Å²) in [4.78, 5) is 23.9. The van der Waals surface area contributed by atoms with Crippen molar-refractivity contribution in [3.05, 3.63) is 0 Å². The lowest BCUT2D eigenvalue weighted by atomic mass is 10.0. The number of alkyl carbamates (subject to hydrolysis) is 1. The standard InChI is InChI=1S/C18H35NO5/c1-5-6-7-8-9-10-11-23-17(20)16(14-15(2)3)19-18(21)24-13-12-22-4/h15-16H,5-14H2,1-4H3,(H,19,21). The molecule has 0 aliphatic rings. The fourth-order valence-corrected chi connectivity index (χ4v) is 2.24. The second kappa shape index (κ2) is 15.2. The van der Waals surface area contributed by atoms with Crippen LogP contribution in [0.5, 0.6) is 0 Å². The van der Waals surface area contributed by atoms with Crippen molar-refractivity contribution in [1.29, 1.82) is 0 Å². The molecule has 0 spiro atoms. The number of ether oxygens (including phenoxy) is 3. The SMILES string of the molecule is CCCCCCCCOC(=O)C(CC(C)C)NC(=O)OCCOC. The number of hydrogen-bond donors (Lipinski definition) is 1. The smallest absolute Gasteiger partial charge is 0.407 e. The molecule has 0 fully saturated rings. The van der Waals surface area contributed by atoms with Gasteiger partial charge in [0.05, 0.1) is 13.2 Å². The maximum atomic E-state index is 12.2. The average Bonchev–Trinajstić information content (AvgIpc) is 2.53. The third-order valence-corrected chi connectivity index (χ3v) is 3.55. The molecule has 1 N–H and O–H groups in total. The van der Waals surface area contributed by atoms with Gasteiger partial charge in [0.25, 0.3) is 0 Å². The maximum Gasteiger partial charge on any atom is 0.407 e. The summed E-state index contributed by atoms with van der Waals surface area (Å²) in [5.74, 6) is -0.128. The zero-order valence-electron chi connectivity index (χ0n) is 15.8. The van der Waals surface area contributed by atoms with Crippen LogP contribution in [0.25, 0.3) is 0 Å². The number of unbranched alkanes of at least 4 members (excludes halogenated alkanes) is 5. The second-order valence-corrected chi connectivity index (χ2v) is 6.39. The van der Waals surface area contributed by atoms with Crippen LogP contribution in [-0.4, -0.2) is 45.0 Å². The number of nitrogens with one attached hydrogen (secondary N) is 1. The molecule has 0 radical (unpaired) electrons. The van der Waals surface area contributed by atoms with E-state index in [4.69, 9.17) is 14.2 Å². The molecule has 0 rings (SSSR count). The average molecular weight is 345 g/mol. The highest BCUT2D eigenvalue weighted by atomic mass is 16.6. The van der Waals surface area contributed by atoms with E-state index in [9.17, 15) is 9.59 Å². The first kappa shape index (κ1) is 22.7. The van der Waals surface area contributed by atoms with Gasteiger partial charge < -0.3 is 19.5 Å². The minimum atomic E-state index is -0.667. The Morgan fingerprint density at radius 1 is 0.917 bits per heavy atom. The Morgan fingerprint density at radius 2 is 1.58 bits per heavy atom. The molecule has 1 unspecified atom stereocenters. The van der Waals surface area contributed by atoms with Crippen LogP contribution in [0.15, 0.2) is 0 Å². The van der Waals surface area contributed by atoms with Crippen LogP contribution in [0.2, 0.25) is 0 Å². The van der Waals surface area contributed by atoms with E-state index >= 15 is 0 Å². The highest BCUT2D eigenvalue weighted by Gasteiger charge is 2.23. The number of carbonyl (C=O) groups excluding carboxylic acids is 2. The number of amides is 1. The Labute approximate surface area is 146 Å². The highest BCUT2D eigenvalue weighted by Crippen LogP contribution is 2.09. The fourth-order valence-electron chi connectivity index (χ4n) is 2.24.